The van der Waals surface area contributed by atoms with Gasteiger partial charge in [0.05, 0.1) is 0 Å². The lowest BCUT2D eigenvalue weighted by atomic mass is 9.84. The summed E-state index contributed by atoms with van der Waals surface area (Å²) in [5.41, 5.74) is 6.23. The maximum atomic E-state index is 5.96. The number of hydrogen-bond donors (Lipinski definition) is 1. The van der Waals surface area contributed by atoms with Crippen LogP contribution in [0, 0.1) is 5.41 Å². The highest BCUT2D eigenvalue weighted by molar-refractivity contribution is 4.81. The molecule has 0 aromatic heterocycles. The van der Waals surface area contributed by atoms with Crippen molar-refractivity contribution in [2.75, 3.05) is 40.3 Å². The van der Waals surface area contributed by atoms with Gasteiger partial charge in [0.15, 0.2) is 0 Å². The molecule has 3 nitrogen and oxygen atoms in total. The van der Waals surface area contributed by atoms with E-state index in [0.717, 1.165) is 26.2 Å². The molecule has 17 heavy (non-hydrogen) atoms. The lowest BCUT2D eigenvalue weighted by Gasteiger charge is -2.38. The highest BCUT2D eigenvalue weighted by Gasteiger charge is 2.26. The van der Waals surface area contributed by atoms with E-state index < -0.39 is 0 Å². The van der Waals surface area contributed by atoms with Gasteiger partial charge in [-0.25, -0.2) is 0 Å². The number of nitrogens with zero attached hydrogens (tertiary/aromatic N) is 2. The van der Waals surface area contributed by atoms with Crippen molar-refractivity contribution in [3.05, 3.63) is 0 Å². The molecule has 0 amide bonds. The van der Waals surface area contributed by atoms with E-state index in [9.17, 15) is 0 Å². The lowest BCUT2D eigenvalue weighted by molar-refractivity contribution is 0.112. The van der Waals surface area contributed by atoms with Crippen LogP contribution >= 0.6 is 0 Å². The summed E-state index contributed by atoms with van der Waals surface area (Å²) in [6, 6.07) is 0.595. The van der Waals surface area contributed by atoms with Crippen molar-refractivity contribution in [1.82, 2.24) is 9.80 Å². The van der Waals surface area contributed by atoms with E-state index in [2.05, 4.69) is 51.6 Å². The molecule has 0 aliphatic rings. The van der Waals surface area contributed by atoms with Crippen molar-refractivity contribution in [3.8, 4) is 0 Å². The first-order valence-corrected chi connectivity index (χ1v) is 6.97. The minimum absolute atomic E-state index is 0.269. The zero-order valence-electron chi connectivity index (χ0n) is 12.8. The lowest BCUT2D eigenvalue weighted by Crippen LogP contribution is -2.47. The Morgan fingerprint density at radius 2 is 1.82 bits per heavy atom. The molecular weight excluding hydrogens is 210 g/mol. The first-order chi connectivity index (χ1) is 7.88. The highest BCUT2D eigenvalue weighted by atomic mass is 15.2. The molecular formula is C14H33N3. The molecule has 0 saturated heterocycles. The van der Waals surface area contributed by atoms with Crippen molar-refractivity contribution in [1.29, 1.82) is 0 Å². The number of likely N-dealkylation sites (N-methyl/N-ethyl adjacent to an activating group) is 2. The Balaban J connectivity index is 4.45. The van der Waals surface area contributed by atoms with Crippen LogP contribution in [-0.4, -0.2) is 56.1 Å². The van der Waals surface area contributed by atoms with Crippen molar-refractivity contribution in [2.45, 2.75) is 46.6 Å². The zero-order chi connectivity index (χ0) is 13.5. The molecule has 0 radical (unpaired) electrons. The molecule has 0 aromatic carbocycles. The fourth-order valence-corrected chi connectivity index (χ4v) is 2.56. The van der Waals surface area contributed by atoms with Crippen LogP contribution in [0.2, 0.25) is 0 Å². The molecule has 0 heterocycles. The minimum Gasteiger partial charge on any atom is -0.330 e. The molecule has 2 atom stereocenters. The van der Waals surface area contributed by atoms with E-state index in [4.69, 9.17) is 5.73 Å². The van der Waals surface area contributed by atoms with Gasteiger partial charge in [0.1, 0.15) is 0 Å². The zero-order valence-corrected chi connectivity index (χ0v) is 12.8. The Morgan fingerprint density at radius 3 is 2.18 bits per heavy atom. The summed E-state index contributed by atoms with van der Waals surface area (Å²) in [5.74, 6) is 0. The van der Waals surface area contributed by atoms with Gasteiger partial charge in [-0.3, -0.25) is 4.90 Å². The SMILES string of the molecule is CCCC(C)(CN)CN(CC)C(C)CN(C)C. The fourth-order valence-electron chi connectivity index (χ4n) is 2.56. The largest absolute Gasteiger partial charge is 0.330 e. The van der Waals surface area contributed by atoms with Crippen molar-refractivity contribution in [2.24, 2.45) is 11.1 Å². The molecule has 2 N–H and O–H groups in total. The van der Waals surface area contributed by atoms with Gasteiger partial charge in [-0.15, -0.1) is 0 Å². The summed E-state index contributed by atoms with van der Waals surface area (Å²) in [7, 11) is 4.27. The Bertz CT molecular complexity index is 194. The first-order valence-electron chi connectivity index (χ1n) is 6.97. The summed E-state index contributed by atoms with van der Waals surface area (Å²) in [6.45, 7) is 13.2. The number of nitrogens with two attached hydrogens (primary N) is 1. The van der Waals surface area contributed by atoms with Gasteiger partial charge in [0.2, 0.25) is 0 Å². The Morgan fingerprint density at radius 1 is 1.24 bits per heavy atom. The van der Waals surface area contributed by atoms with Gasteiger partial charge in [0.25, 0.3) is 0 Å². The molecule has 0 fully saturated rings. The monoisotopic (exact) mass is 243 g/mol. The third-order valence-electron chi connectivity index (χ3n) is 3.59. The molecule has 0 aliphatic heterocycles. The van der Waals surface area contributed by atoms with E-state index in [1.807, 2.05) is 0 Å². The first kappa shape index (κ1) is 16.9. The van der Waals surface area contributed by atoms with E-state index in [-0.39, 0.29) is 5.41 Å². The molecule has 0 saturated carbocycles. The summed E-state index contributed by atoms with van der Waals surface area (Å²) >= 11 is 0. The average Bonchev–Trinajstić information content (AvgIpc) is 2.25. The van der Waals surface area contributed by atoms with Crippen LogP contribution in [0.1, 0.15) is 40.5 Å². The average molecular weight is 243 g/mol. The van der Waals surface area contributed by atoms with Crippen molar-refractivity contribution < 1.29 is 0 Å². The molecule has 2 unspecified atom stereocenters. The third-order valence-corrected chi connectivity index (χ3v) is 3.59. The van der Waals surface area contributed by atoms with Crippen LogP contribution in [0.4, 0.5) is 0 Å². The second kappa shape index (κ2) is 8.06. The topological polar surface area (TPSA) is 32.5 Å². The van der Waals surface area contributed by atoms with Crippen LogP contribution < -0.4 is 5.73 Å². The van der Waals surface area contributed by atoms with E-state index in [1.165, 1.54) is 12.8 Å². The van der Waals surface area contributed by atoms with E-state index in [0.29, 0.717) is 6.04 Å². The van der Waals surface area contributed by atoms with Gasteiger partial charge in [-0.1, -0.05) is 27.2 Å². The highest BCUT2D eigenvalue weighted by Crippen LogP contribution is 2.24. The molecule has 0 rings (SSSR count). The normalized spacial score (nSPS) is 17.5. The van der Waals surface area contributed by atoms with Crippen LogP contribution in [0.3, 0.4) is 0 Å². The Kier molecular flexibility index (Phi) is 8.01. The standard InChI is InChI=1S/C14H33N3/c1-7-9-14(4,11-15)12-17(8-2)13(3)10-16(5)6/h13H,7-12,15H2,1-6H3. The molecule has 0 aromatic rings. The van der Waals surface area contributed by atoms with Crippen LogP contribution in [0.15, 0.2) is 0 Å². The predicted octanol–water partition coefficient (Wildman–Crippen LogP) is 2.02. The Labute approximate surface area is 108 Å². The smallest absolute Gasteiger partial charge is 0.0194 e. The quantitative estimate of drug-likeness (QED) is 0.672. The van der Waals surface area contributed by atoms with Gasteiger partial charge >= 0.3 is 0 Å². The molecule has 3 heteroatoms. The molecule has 104 valence electrons. The van der Waals surface area contributed by atoms with Crippen molar-refractivity contribution in [3.63, 3.8) is 0 Å². The predicted molar refractivity (Wildman–Crippen MR) is 77.3 cm³/mol. The molecule has 0 bridgehead atoms. The minimum atomic E-state index is 0.269. The second-order valence-electron chi connectivity index (χ2n) is 5.94. The maximum absolute atomic E-state index is 5.96. The van der Waals surface area contributed by atoms with Gasteiger partial charge in [0, 0.05) is 19.1 Å². The van der Waals surface area contributed by atoms with E-state index >= 15 is 0 Å². The third kappa shape index (κ3) is 6.39. The summed E-state index contributed by atoms with van der Waals surface area (Å²) in [5, 5.41) is 0. The molecule has 0 aliphatic carbocycles. The summed E-state index contributed by atoms with van der Waals surface area (Å²) in [6.07, 6.45) is 2.43. The van der Waals surface area contributed by atoms with Crippen LogP contribution in [-0.2, 0) is 0 Å². The maximum Gasteiger partial charge on any atom is 0.0194 e. The van der Waals surface area contributed by atoms with Crippen molar-refractivity contribution >= 4 is 0 Å². The van der Waals surface area contributed by atoms with E-state index in [1.54, 1.807) is 0 Å². The van der Waals surface area contributed by atoms with Gasteiger partial charge < -0.3 is 10.6 Å². The summed E-state index contributed by atoms with van der Waals surface area (Å²) < 4.78 is 0. The summed E-state index contributed by atoms with van der Waals surface area (Å²) in [4.78, 5) is 4.81. The van der Waals surface area contributed by atoms with Gasteiger partial charge in [-0.2, -0.15) is 0 Å². The number of rotatable bonds is 9. The van der Waals surface area contributed by atoms with Crippen LogP contribution in [0.5, 0.6) is 0 Å². The van der Waals surface area contributed by atoms with Gasteiger partial charge in [-0.05, 0) is 45.9 Å². The fraction of sp³-hybridized carbons (Fsp3) is 1.00. The molecule has 0 spiro atoms. The second-order valence-corrected chi connectivity index (χ2v) is 5.94. The Hall–Kier alpha value is -0.120. The van der Waals surface area contributed by atoms with Crippen LogP contribution in [0.25, 0.3) is 0 Å². The number of hydrogen-bond acceptors (Lipinski definition) is 3.